The average molecular weight is 444 g/mol. The topological polar surface area (TPSA) is 38.8 Å². The second kappa shape index (κ2) is 9.05. The molecule has 0 N–H and O–H groups in total. The first kappa shape index (κ1) is 20.6. The molecule has 0 saturated carbocycles. The number of ether oxygens (including phenoxy) is 2. The molecule has 1 aliphatic rings. The third kappa shape index (κ3) is 4.08. The highest BCUT2D eigenvalue weighted by atomic mass is 32.1. The number of nitrogens with zero attached hydrogens (tertiary/aromatic N) is 1. The van der Waals surface area contributed by atoms with Crippen molar-refractivity contribution in [2.75, 3.05) is 19.8 Å². The third-order valence-corrected chi connectivity index (χ3v) is 6.71. The summed E-state index contributed by atoms with van der Waals surface area (Å²) in [5, 5.41) is 3.42. The van der Waals surface area contributed by atoms with Gasteiger partial charge in [-0.05, 0) is 41.6 Å². The first-order chi connectivity index (χ1) is 15.7. The summed E-state index contributed by atoms with van der Waals surface area (Å²) >= 11 is 1.74. The van der Waals surface area contributed by atoms with E-state index in [1.807, 2.05) is 42.2 Å². The smallest absolute Gasteiger partial charge is 0.227 e. The van der Waals surface area contributed by atoms with Gasteiger partial charge in [-0.3, -0.25) is 4.79 Å². The lowest BCUT2D eigenvalue weighted by Crippen LogP contribution is -2.33. The largest absolute Gasteiger partial charge is 0.490 e. The summed E-state index contributed by atoms with van der Waals surface area (Å²) in [7, 11) is 0. The summed E-state index contributed by atoms with van der Waals surface area (Å²) in [6, 6.07) is 22.5. The molecule has 3 aromatic carbocycles. The van der Waals surface area contributed by atoms with Gasteiger partial charge in [-0.1, -0.05) is 48.5 Å². The van der Waals surface area contributed by atoms with E-state index in [9.17, 15) is 4.79 Å². The van der Waals surface area contributed by atoms with E-state index in [2.05, 4.69) is 41.8 Å². The molecule has 0 unspecified atom stereocenters. The summed E-state index contributed by atoms with van der Waals surface area (Å²) in [6.45, 7) is 4.06. The van der Waals surface area contributed by atoms with Crippen LogP contribution in [0, 0.1) is 0 Å². The standard InChI is InChI=1S/C27H25NO3S/c1-2-30-24-16-20(23-18-32-25-11-7-6-10-22(23)25)15-21-17-28(12-13-31-27(21)24)26(29)14-19-8-4-3-5-9-19/h3-11,15-16,18H,2,12-14,17H2,1H3. The van der Waals surface area contributed by atoms with Gasteiger partial charge in [0.05, 0.1) is 19.6 Å². The summed E-state index contributed by atoms with van der Waals surface area (Å²) in [4.78, 5) is 15.0. The van der Waals surface area contributed by atoms with Crippen LogP contribution in [0.3, 0.4) is 0 Å². The van der Waals surface area contributed by atoms with Crippen LogP contribution in [0.15, 0.2) is 72.1 Å². The van der Waals surface area contributed by atoms with Crippen LogP contribution < -0.4 is 9.47 Å². The van der Waals surface area contributed by atoms with Crippen LogP contribution in [0.2, 0.25) is 0 Å². The van der Waals surface area contributed by atoms with Crippen LogP contribution in [-0.2, 0) is 17.8 Å². The van der Waals surface area contributed by atoms with Crippen molar-refractivity contribution in [3.8, 4) is 22.6 Å². The van der Waals surface area contributed by atoms with Gasteiger partial charge < -0.3 is 14.4 Å². The van der Waals surface area contributed by atoms with Crippen molar-refractivity contribution < 1.29 is 14.3 Å². The Morgan fingerprint density at radius 3 is 2.75 bits per heavy atom. The predicted molar refractivity (Wildman–Crippen MR) is 129 cm³/mol. The predicted octanol–water partition coefficient (Wildman–Crippen LogP) is 5.93. The Bertz CT molecular complexity index is 1250. The normalized spacial score (nSPS) is 13.3. The maximum Gasteiger partial charge on any atom is 0.227 e. The van der Waals surface area contributed by atoms with E-state index in [1.165, 1.54) is 15.6 Å². The number of carbonyl (C=O) groups is 1. The molecule has 4 nitrogen and oxygen atoms in total. The van der Waals surface area contributed by atoms with E-state index >= 15 is 0 Å². The molecule has 4 aromatic rings. The Hall–Kier alpha value is -3.31. The van der Waals surface area contributed by atoms with Crippen LogP contribution >= 0.6 is 11.3 Å². The van der Waals surface area contributed by atoms with E-state index in [4.69, 9.17) is 9.47 Å². The van der Waals surface area contributed by atoms with E-state index in [1.54, 1.807) is 11.3 Å². The van der Waals surface area contributed by atoms with Gasteiger partial charge in [-0.2, -0.15) is 0 Å². The quantitative estimate of drug-likeness (QED) is 0.384. The van der Waals surface area contributed by atoms with Crippen LogP contribution in [0.1, 0.15) is 18.1 Å². The lowest BCUT2D eigenvalue weighted by atomic mass is 10.0. The summed E-state index contributed by atoms with van der Waals surface area (Å²) < 4.78 is 13.3. The second-order valence-electron chi connectivity index (χ2n) is 7.87. The zero-order valence-electron chi connectivity index (χ0n) is 18.0. The Labute approximate surface area is 192 Å². The highest BCUT2D eigenvalue weighted by Gasteiger charge is 2.24. The zero-order chi connectivity index (χ0) is 21.9. The fourth-order valence-corrected chi connectivity index (χ4v) is 5.17. The molecular formula is C27H25NO3S. The van der Waals surface area contributed by atoms with Gasteiger partial charge in [0.25, 0.3) is 0 Å². The first-order valence-corrected chi connectivity index (χ1v) is 11.8. The van der Waals surface area contributed by atoms with Crippen molar-refractivity contribution in [2.24, 2.45) is 0 Å². The molecule has 0 aliphatic carbocycles. The monoisotopic (exact) mass is 443 g/mol. The Balaban J connectivity index is 1.51. The molecule has 1 aromatic heterocycles. The number of fused-ring (bicyclic) bond motifs is 2. The van der Waals surface area contributed by atoms with Gasteiger partial charge in [-0.15, -0.1) is 11.3 Å². The number of hydrogen-bond donors (Lipinski definition) is 0. The van der Waals surface area contributed by atoms with Crippen molar-refractivity contribution in [1.82, 2.24) is 4.90 Å². The van der Waals surface area contributed by atoms with Gasteiger partial charge in [0.2, 0.25) is 5.91 Å². The molecule has 0 fully saturated rings. The Morgan fingerprint density at radius 1 is 1.09 bits per heavy atom. The van der Waals surface area contributed by atoms with Crippen LogP contribution in [0.4, 0.5) is 0 Å². The molecule has 1 aliphatic heterocycles. The van der Waals surface area contributed by atoms with Gasteiger partial charge in [0.1, 0.15) is 6.61 Å². The van der Waals surface area contributed by atoms with Crippen molar-refractivity contribution >= 4 is 27.3 Å². The fourth-order valence-electron chi connectivity index (χ4n) is 4.20. The van der Waals surface area contributed by atoms with E-state index in [0.29, 0.717) is 32.7 Å². The SMILES string of the molecule is CCOc1cc(-c2csc3ccccc23)cc2c1OCCN(C(=O)Cc1ccccc1)C2. The number of amides is 1. The number of hydrogen-bond acceptors (Lipinski definition) is 4. The van der Waals surface area contributed by atoms with Gasteiger partial charge >= 0.3 is 0 Å². The molecule has 5 heteroatoms. The zero-order valence-corrected chi connectivity index (χ0v) is 18.9. The van der Waals surface area contributed by atoms with Crippen molar-refractivity contribution in [3.63, 3.8) is 0 Å². The molecular weight excluding hydrogens is 418 g/mol. The molecule has 162 valence electrons. The lowest BCUT2D eigenvalue weighted by molar-refractivity contribution is -0.131. The average Bonchev–Trinajstić information content (AvgIpc) is 3.12. The van der Waals surface area contributed by atoms with Crippen LogP contribution in [-0.4, -0.2) is 30.6 Å². The molecule has 0 bridgehead atoms. The molecule has 0 spiro atoms. The van der Waals surface area contributed by atoms with Gasteiger partial charge in [-0.25, -0.2) is 0 Å². The van der Waals surface area contributed by atoms with Crippen molar-refractivity contribution in [2.45, 2.75) is 19.9 Å². The second-order valence-corrected chi connectivity index (χ2v) is 8.78. The highest BCUT2D eigenvalue weighted by Crippen LogP contribution is 2.41. The molecule has 5 rings (SSSR count). The maximum atomic E-state index is 13.1. The first-order valence-electron chi connectivity index (χ1n) is 10.9. The number of carbonyl (C=O) groups excluding carboxylic acids is 1. The number of thiophene rings is 1. The van der Waals surface area contributed by atoms with Crippen LogP contribution in [0.5, 0.6) is 11.5 Å². The molecule has 0 radical (unpaired) electrons. The molecule has 0 saturated heterocycles. The maximum absolute atomic E-state index is 13.1. The molecule has 0 atom stereocenters. The number of benzene rings is 3. The van der Waals surface area contributed by atoms with E-state index in [0.717, 1.165) is 28.2 Å². The lowest BCUT2D eigenvalue weighted by Gasteiger charge is -2.20. The van der Waals surface area contributed by atoms with Gasteiger partial charge in [0, 0.05) is 27.8 Å². The van der Waals surface area contributed by atoms with Crippen molar-refractivity contribution in [1.29, 1.82) is 0 Å². The molecule has 1 amide bonds. The fraction of sp³-hybridized carbons (Fsp3) is 0.222. The minimum Gasteiger partial charge on any atom is -0.490 e. The minimum absolute atomic E-state index is 0.108. The Morgan fingerprint density at radius 2 is 1.91 bits per heavy atom. The summed E-state index contributed by atoms with van der Waals surface area (Å²) in [5.41, 5.74) is 4.28. The number of rotatable bonds is 5. The molecule has 32 heavy (non-hydrogen) atoms. The molecule has 2 heterocycles. The third-order valence-electron chi connectivity index (χ3n) is 5.74. The van der Waals surface area contributed by atoms with E-state index < -0.39 is 0 Å². The van der Waals surface area contributed by atoms with E-state index in [-0.39, 0.29) is 5.91 Å². The van der Waals surface area contributed by atoms with Crippen molar-refractivity contribution in [3.05, 3.63) is 83.2 Å². The summed E-state index contributed by atoms with van der Waals surface area (Å²) in [6.07, 6.45) is 0.392. The Kier molecular flexibility index (Phi) is 5.82. The summed E-state index contributed by atoms with van der Waals surface area (Å²) in [5.74, 6) is 1.61. The minimum atomic E-state index is 0.108. The van der Waals surface area contributed by atoms with Gasteiger partial charge in [0.15, 0.2) is 11.5 Å². The highest BCUT2D eigenvalue weighted by molar-refractivity contribution is 7.17. The van der Waals surface area contributed by atoms with Crippen LogP contribution in [0.25, 0.3) is 21.2 Å².